The minimum absolute atomic E-state index is 0.0287. The third-order valence-corrected chi connectivity index (χ3v) is 7.65. The third kappa shape index (κ3) is 5.04. The molecule has 3 amide bonds. The summed E-state index contributed by atoms with van der Waals surface area (Å²) in [6.07, 6.45) is 3.51. The molecule has 1 aromatic carbocycles. The number of benzene rings is 1. The van der Waals surface area contributed by atoms with Gasteiger partial charge in [0.25, 0.3) is 11.3 Å². The molecule has 0 aliphatic carbocycles. The van der Waals surface area contributed by atoms with Crippen LogP contribution < -0.4 is 26.1 Å². The van der Waals surface area contributed by atoms with Crippen LogP contribution in [-0.4, -0.2) is 63.7 Å². The molecule has 0 bridgehead atoms. The fraction of sp³-hybridized carbons (Fsp3) is 0.393. The van der Waals surface area contributed by atoms with Crippen LogP contribution in [0.15, 0.2) is 58.3 Å². The van der Waals surface area contributed by atoms with E-state index in [0.717, 1.165) is 27.9 Å². The standard InChI is InChI=1S/C28H32N6O5/c1-19-7-6-10-24(34(19)39-3)22-17-32(28(38)30(2)26(22)36)18-25(35)31-14-12-21(13-15-31)33-16-11-20-8-4-5-9-23(20)29-27(33)37/h4-10,17,21H,11-16,18H2,1-3H3/p+1. The highest BCUT2D eigenvalue weighted by Crippen LogP contribution is 2.24. The maximum Gasteiger partial charge on any atom is 0.331 e. The SMILES string of the molecule is CO[n+]1c(C)cccc1-c1cn(CC(=O)N2CCC(N3CCc4ccccc4NC3=O)CC2)c(=O)n(C)c1=O. The number of piperidine rings is 1. The Hall–Kier alpha value is -4.41. The van der Waals surface area contributed by atoms with Crippen LogP contribution in [0, 0.1) is 6.92 Å². The maximum absolute atomic E-state index is 13.2. The third-order valence-electron chi connectivity index (χ3n) is 7.65. The lowest BCUT2D eigenvalue weighted by atomic mass is 10.0. The summed E-state index contributed by atoms with van der Waals surface area (Å²) in [5, 5.41) is 3.01. The Labute approximate surface area is 225 Å². The van der Waals surface area contributed by atoms with Gasteiger partial charge in [-0.3, -0.25) is 23.6 Å². The van der Waals surface area contributed by atoms with Crippen molar-refractivity contribution in [1.82, 2.24) is 18.9 Å². The summed E-state index contributed by atoms with van der Waals surface area (Å²) in [5.74, 6) is -0.211. The normalized spacial score (nSPS) is 15.9. The van der Waals surface area contributed by atoms with E-state index in [2.05, 4.69) is 5.32 Å². The fourth-order valence-electron chi connectivity index (χ4n) is 5.47. The lowest BCUT2D eigenvalue weighted by molar-refractivity contribution is -0.881. The number of amides is 3. The van der Waals surface area contributed by atoms with Gasteiger partial charge in [-0.2, -0.15) is 0 Å². The van der Waals surface area contributed by atoms with Gasteiger partial charge in [-0.05, 0) is 37.0 Å². The molecule has 0 spiro atoms. The Morgan fingerprint density at radius 2 is 1.79 bits per heavy atom. The molecular weight excluding hydrogens is 500 g/mol. The monoisotopic (exact) mass is 533 g/mol. The molecule has 0 unspecified atom stereocenters. The number of aromatic nitrogens is 3. The summed E-state index contributed by atoms with van der Waals surface area (Å²) in [6, 6.07) is 13.1. The van der Waals surface area contributed by atoms with E-state index in [4.69, 9.17) is 4.84 Å². The van der Waals surface area contributed by atoms with Crippen LogP contribution in [0.25, 0.3) is 11.3 Å². The van der Waals surface area contributed by atoms with Gasteiger partial charge in [0.15, 0.2) is 0 Å². The van der Waals surface area contributed by atoms with Crippen LogP contribution in [0.4, 0.5) is 10.5 Å². The Bertz CT molecular complexity index is 1540. The highest BCUT2D eigenvalue weighted by Gasteiger charge is 2.32. The van der Waals surface area contributed by atoms with E-state index in [9.17, 15) is 19.2 Å². The van der Waals surface area contributed by atoms with Crippen molar-refractivity contribution >= 4 is 17.6 Å². The average molecular weight is 534 g/mol. The van der Waals surface area contributed by atoms with Gasteiger partial charge < -0.3 is 15.1 Å². The zero-order valence-electron chi connectivity index (χ0n) is 22.4. The Kier molecular flexibility index (Phi) is 7.23. The van der Waals surface area contributed by atoms with Crippen LogP contribution in [0.1, 0.15) is 24.1 Å². The molecule has 0 saturated carbocycles. The number of nitrogens with zero attached hydrogens (tertiary/aromatic N) is 5. The fourth-order valence-corrected chi connectivity index (χ4v) is 5.47. The Morgan fingerprint density at radius 1 is 1.05 bits per heavy atom. The van der Waals surface area contributed by atoms with Crippen LogP contribution >= 0.6 is 0 Å². The van der Waals surface area contributed by atoms with Gasteiger partial charge in [0.1, 0.15) is 19.2 Å². The van der Waals surface area contributed by atoms with Gasteiger partial charge in [-0.1, -0.05) is 18.2 Å². The summed E-state index contributed by atoms with van der Waals surface area (Å²) < 4.78 is 3.79. The largest absolute Gasteiger partial charge is 0.341 e. The number of anilines is 1. The Morgan fingerprint density at radius 3 is 2.54 bits per heavy atom. The van der Waals surface area contributed by atoms with E-state index in [-0.39, 0.29) is 30.1 Å². The summed E-state index contributed by atoms with van der Waals surface area (Å²) in [7, 11) is 2.90. The first-order valence-electron chi connectivity index (χ1n) is 13.1. The predicted molar refractivity (Wildman–Crippen MR) is 144 cm³/mol. The molecule has 4 heterocycles. The molecule has 1 N–H and O–H groups in total. The molecule has 0 radical (unpaired) electrons. The molecule has 204 valence electrons. The van der Waals surface area contributed by atoms with Crippen molar-refractivity contribution in [1.29, 1.82) is 0 Å². The van der Waals surface area contributed by atoms with Gasteiger partial charge in [0, 0.05) is 68.4 Å². The first-order valence-corrected chi connectivity index (χ1v) is 13.1. The van der Waals surface area contributed by atoms with Crippen LogP contribution in [0.5, 0.6) is 0 Å². The van der Waals surface area contributed by atoms with Crippen LogP contribution in [-0.2, 0) is 24.8 Å². The van der Waals surface area contributed by atoms with Crippen molar-refractivity contribution in [2.24, 2.45) is 7.05 Å². The number of likely N-dealkylation sites (tertiary alicyclic amines) is 1. The molecule has 11 heteroatoms. The zero-order valence-corrected chi connectivity index (χ0v) is 22.4. The van der Waals surface area contributed by atoms with E-state index in [0.29, 0.717) is 38.2 Å². The quantitative estimate of drug-likeness (QED) is 0.491. The number of para-hydroxylation sites is 1. The van der Waals surface area contributed by atoms with Crippen molar-refractivity contribution < 1.29 is 19.2 Å². The molecule has 1 saturated heterocycles. The number of rotatable bonds is 5. The van der Waals surface area contributed by atoms with E-state index >= 15 is 0 Å². The van der Waals surface area contributed by atoms with Gasteiger partial charge in [0.05, 0.1) is 0 Å². The molecule has 2 aromatic heterocycles. The first kappa shape index (κ1) is 26.2. The number of pyridine rings is 1. The number of urea groups is 1. The first-order chi connectivity index (χ1) is 18.8. The smallest absolute Gasteiger partial charge is 0.331 e. The number of nitrogens with one attached hydrogen (secondary N) is 1. The molecule has 39 heavy (non-hydrogen) atoms. The molecule has 5 rings (SSSR count). The lowest BCUT2D eigenvalue weighted by Crippen LogP contribution is -2.51. The minimum atomic E-state index is -0.565. The Balaban J connectivity index is 1.29. The van der Waals surface area contributed by atoms with Crippen LogP contribution in [0.3, 0.4) is 0 Å². The number of hydrogen-bond acceptors (Lipinski definition) is 5. The van der Waals surface area contributed by atoms with Crippen molar-refractivity contribution in [3.63, 3.8) is 0 Å². The summed E-state index contributed by atoms with van der Waals surface area (Å²) in [5.41, 5.74) is 2.44. The average Bonchev–Trinajstić information content (AvgIpc) is 3.11. The molecule has 2 aliphatic heterocycles. The van der Waals surface area contributed by atoms with Crippen LogP contribution in [0.2, 0.25) is 0 Å². The number of fused-ring (bicyclic) bond motifs is 1. The highest BCUT2D eigenvalue weighted by molar-refractivity contribution is 5.91. The summed E-state index contributed by atoms with van der Waals surface area (Å²) >= 11 is 0. The second-order valence-electron chi connectivity index (χ2n) is 9.99. The van der Waals surface area contributed by atoms with Gasteiger partial charge >= 0.3 is 11.7 Å². The van der Waals surface area contributed by atoms with E-state index in [1.807, 2.05) is 42.2 Å². The highest BCUT2D eigenvalue weighted by atomic mass is 16.6. The van der Waals surface area contributed by atoms with Gasteiger partial charge in [0.2, 0.25) is 11.6 Å². The second kappa shape index (κ2) is 10.8. The minimum Gasteiger partial charge on any atom is -0.341 e. The summed E-state index contributed by atoms with van der Waals surface area (Å²) in [6.45, 7) is 3.24. The second-order valence-corrected chi connectivity index (χ2v) is 9.99. The summed E-state index contributed by atoms with van der Waals surface area (Å²) in [4.78, 5) is 61.1. The topological polar surface area (TPSA) is 110 Å². The number of hydrogen-bond donors (Lipinski definition) is 1. The zero-order chi connectivity index (χ0) is 27.7. The van der Waals surface area contributed by atoms with E-state index < -0.39 is 11.2 Å². The van der Waals surface area contributed by atoms with Crippen molar-refractivity contribution in [3.05, 3.63) is 80.8 Å². The molecule has 1 fully saturated rings. The van der Waals surface area contributed by atoms with Gasteiger partial charge in [-0.15, -0.1) is 0 Å². The number of carbonyl (C=O) groups excluding carboxylic acids is 2. The van der Waals surface area contributed by atoms with Gasteiger partial charge in [-0.25, -0.2) is 9.59 Å². The van der Waals surface area contributed by atoms with Crippen molar-refractivity contribution in [2.75, 3.05) is 32.1 Å². The molecule has 11 nitrogen and oxygen atoms in total. The molecule has 2 aliphatic rings. The molecule has 3 aromatic rings. The number of aryl methyl sites for hydroxylation is 1. The van der Waals surface area contributed by atoms with Crippen molar-refractivity contribution in [2.45, 2.75) is 38.8 Å². The number of carbonyl (C=O) groups is 2. The van der Waals surface area contributed by atoms with E-state index in [1.54, 1.807) is 17.0 Å². The van der Waals surface area contributed by atoms with E-state index in [1.165, 1.54) is 29.7 Å². The maximum atomic E-state index is 13.2. The lowest BCUT2D eigenvalue weighted by Gasteiger charge is -2.38. The predicted octanol–water partition coefficient (Wildman–Crippen LogP) is 0.950. The molecular formula is C28H33N6O5+. The molecule has 0 atom stereocenters. The van der Waals surface area contributed by atoms with Crippen molar-refractivity contribution in [3.8, 4) is 11.3 Å².